The van der Waals surface area contributed by atoms with Gasteiger partial charge in [-0.05, 0) is 24.3 Å². The van der Waals surface area contributed by atoms with Crippen molar-refractivity contribution >= 4 is 33.0 Å². The normalized spacial score (nSPS) is 11.8. The second kappa shape index (κ2) is 4.30. The predicted molar refractivity (Wildman–Crippen MR) is 48.7 cm³/mol. The van der Waals surface area contributed by atoms with Crippen LogP contribution in [-0.2, 0) is 15.8 Å². The lowest BCUT2D eigenvalue weighted by molar-refractivity contribution is 0.566. The van der Waals surface area contributed by atoms with Gasteiger partial charge in [0, 0.05) is 4.47 Å². The topological polar surface area (TPSA) is 46.5 Å². The molecule has 0 bridgehead atoms. The van der Waals surface area contributed by atoms with Crippen LogP contribution in [-0.4, -0.2) is 10.3 Å². The molecule has 0 fully saturated rings. The van der Waals surface area contributed by atoms with Gasteiger partial charge in [-0.1, -0.05) is 20.3 Å². The van der Waals surface area contributed by atoms with Gasteiger partial charge >= 0.3 is 0 Å². The van der Waals surface area contributed by atoms with E-state index in [9.17, 15) is 9.00 Å². The molecule has 0 aliphatic rings. The number of isocyanates is 1. The van der Waals surface area contributed by atoms with Gasteiger partial charge in [-0.3, -0.25) is 0 Å². The molecular formula is C7H4BrNO2S. The SMILES string of the molecule is O=C=NS(=O)c1ccc(Br)cc1. The zero-order valence-corrected chi connectivity index (χ0v) is 8.26. The number of hydrogen-bond donors (Lipinski definition) is 0. The highest BCUT2D eigenvalue weighted by molar-refractivity contribution is 9.10. The fourth-order valence-electron chi connectivity index (χ4n) is 0.638. The van der Waals surface area contributed by atoms with E-state index < -0.39 is 11.0 Å². The van der Waals surface area contributed by atoms with Gasteiger partial charge < -0.3 is 0 Å². The maximum Gasteiger partial charge on any atom is 0.250 e. The van der Waals surface area contributed by atoms with E-state index in [0.29, 0.717) is 4.90 Å². The number of carbonyl (C=O) groups excluding carboxylic acids is 1. The first-order chi connectivity index (χ1) is 5.74. The molecule has 0 saturated carbocycles. The minimum Gasteiger partial charge on any atom is -0.229 e. The van der Waals surface area contributed by atoms with E-state index in [0.717, 1.165) is 4.47 Å². The molecule has 1 atom stereocenters. The van der Waals surface area contributed by atoms with Crippen molar-refractivity contribution in [3.8, 4) is 0 Å². The number of nitrogens with zero attached hydrogens (tertiary/aromatic N) is 1. The molecule has 0 aliphatic carbocycles. The van der Waals surface area contributed by atoms with Crippen LogP contribution in [0.25, 0.3) is 0 Å². The van der Waals surface area contributed by atoms with Gasteiger partial charge in [0.15, 0.2) is 11.0 Å². The van der Waals surface area contributed by atoms with Crippen LogP contribution < -0.4 is 0 Å². The first-order valence-corrected chi connectivity index (χ1v) is 4.89. The Kier molecular flexibility index (Phi) is 3.34. The zero-order valence-electron chi connectivity index (χ0n) is 5.86. The molecule has 0 saturated heterocycles. The summed E-state index contributed by atoms with van der Waals surface area (Å²) in [7, 11) is -1.61. The summed E-state index contributed by atoms with van der Waals surface area (Å²) in [6.45, 7) is 0. The van der Waals surface area contributed by atoms with E-state index in [-0.39, 0.29) is 0 Å². The monoisotopic (exact) mass is 245 g/mol. The molecule has 1 aromatic carbocycles. The van der Waals surface area contributed by atoms with Crippen molar-refractivity contribution in [3.63, 3.8) is 0 Å². The van der Waals surface area contributed by atoms with Crippen molar-refractivity contribution in [2.75, 3.05) is 0 Å². The summed E-state index contributed by atoms with van der Waals surface area (Å²) in [5, 5.41) is 0. The van der Waals surface area contributed by atoms with Crippen molar-refractivity contribution in [1.29, 1.82) is 0 Å². The maximum absolute atomic E-state index is 11.0. The highest BCUT2D eigenvalue weighted by Gasteiger charge is 1.99. The Bertz CT molecular complexity index is 343. The molecule has 0 heterocycles. The smallest absolute Gasteiger partial charge is 0.229 e. The third kappa shape index (κ3) is 2.37. The van der Waals surface area contributed by atoms with Gasteiger partial charge in [-0.2, -0.15) is 0 Å². The van der Waals surface area contributed by atoms with Gasteiger partial charge in [-0.15, -0.1) is 0 Å². The first-order valence-electron chi connectivity index (χ1n) is 2.99. The third-order valence-corrected chi connectivity index (χ3v) is 2.58. The third-order valence-electron chi connectivity index (χ3n) is 1.14. The van der Waals surface area contributed by atoms with Crippen LogP contribution in [0.15, 0.2) is 38.0 Å². The highest BCUT2D eigenvalue weighted by Crippen LogP contribution is 2.13. The van der Waals surface area contributed by atoms with Gasteiger partial charge in [0.1, 0.15) is 0 Å². The number of rotatable bonds is 2. The van der Waals surface area contributed by atoms with Crippen LogP contribution in [0.5, 0.6) is 0 Å². The number of benzene rings is 1. The maximum atomic E-state index is 11.0. The predicted octanol–water partition coefficient (Wildman–Crippen LogP) is 1.81. The summed E-state index contributed by atoms with van der Waals surface area (Å²) < 4.78 is 15.0. The summed E-state index contributed by atoms with van der Waals surface area (Å²) >= 11 is 3.23. The average molecular weight is 246 g/mol. The van der Waals surface area contributed by atoms with Crippen LogP contribution in [0.2, 0.25) is 0 Å². The Morgan fingerprint density at radius 1 is 1.33 bits per heavy atom. The summed E-state index contributed by atoms with van der Waals surface area (Å²) in [6.07, 6.45) is 1.24. The van der Waals surface area contributed by atoms with Crippen LogP contribution in [0.1, 0.15) is 0 Å². The molecule has 3 nitrogen and oxygen atoms in total. The molecular weight excluding hydrogens is 242 g/mol. The molecule has 0 aromatic heterocycles. The molecule has 5 heteroatoms. The molecule has 0 N–H and O–H groups in total. The van der Waals surface area contributed by atoms with Gasteiger partial charge in [-0.25, -0.2) is 9.00 Å². The Morgan fingerprint density at radius 2 is 1.92 bits per heavy atom. The average Bonchev–Trinajstić information content (AvgIpc) is 2.06. The second-order valence-electron chi connectivity index (χ2n) is 1.89. The molecule has 12 heavy (non-hydrogen) atoms. The van der Waals surface area contributed by atoms with Crippen molar-refractivity contribution in [2.24, 2.45) is 4.40 Å². The first kappa shape index (κ1) is 9.32. The Balaban J connectivity index is 2.97. The van der Waals surface area contributed by atoms with Gasteiger partial charge in [0.25, 0.3) is 0 Å². The van der Waals surface area contributed by atoms with Crippen molar-refractivity contribution in [1.82, 2.24) is 0 Å². The van der Waals surface area contributed by atoms with E-state index >= 15 is 0 Å². The zero-order chi connectivity index (χ0) is 8.97. The van der Waals surface area contributed by atoms with E-state index in [4.69, 9.17) is 0 Å². The summed E-state index contributed by atoms with van der Waals surface area (Å²) in [5.74, 6) is 0. The summed E-state index contributed by atoms with van der Waals surface area (Å²) in [4.78, 5) is 10.2. The molecule has 62 valence electrons. The van der Waals surface area contributed by atoms with Crippen molar-refractivity contribution in [2.45, 2.75) is 4.90 Å². The standard InChI is InChI=1S/C7H4BrNO2S/c8-6-1-3-7(4-2-6)12(11)9-5-10/h1-4H. The quantitative estimate of drug-likeness (QED) is 0.590. The fourth-order valence-corrected chi connectivity index (χ4v) is 1.44. The van der Waals surface area contributed by atoms with Gasteiger partial charge in [0.2, 0.25) is 6.08 Å². The second-order valence-corrected chi connectivity index (χ2v) is 3.95. The van der Waals surface area contributed by atoms with Crippen LogP contribution in [0, 0.1) is 0 Å². The van der Waals surface area contributed by atoms with Crippen molar-refractivity contribution < 1.29 is 9.00 Å². The highest BCUT2D eigenvalue weighted by atomic mass is 79.9. The molecule has 0 amide bonds. The molecule has 0 radical (unpaired) electrons. The Morgan fingerprint density at radius 3 is 2.42 bits per heavy atom. The Hall–Kier alpha value is -0.770. The van der Waals surface area contributed by atoms with Crippen LogP contribution in [0.3, 0.4) is 0 Å². The lowest BCUT2D eigenvalue weighted by atomic mass is 10.4. The minimum absolute atomic E-state index is 0.488. The molecule has 1 aromatic rings. The van der Waals surface area contributed by atoms with Crippen LogP contribution in [0.4, 0.5) is 0 Å². The van der Waals surface area contributed by atoms with E-state index in [1.165, 1.54) is 6.08 Å². The minimum atomic E-state index is -1.61. The van der Waals surface area contributed by atoms with Gasteiger partial charge in [0.05, 0.1) is 4.90 Å². The molecule has 1 unspecified atom stereocenters. The summed E-state index contributed by atoms with van der Waals surface area (Å²) in [5.41, 5.74) is 0. The fraction of sp³-hybridized carbons (Fsp3) is 0. The number of halogens is 1. The summed E-state index contributed by atoms with van der Waals surface area (Å²) in [6, 6.07) is 6.71. The van der Waals surface area contributed by atoms with E-state index in [1.807, 2.05) is 0 Å². The molecule has 0 aliphatic heterocycles. The lowest BCUT2D eigenvalue weighted by Crippen LogP contribution is -1.84. The van der Waals surface area contributed by atoms with E-state index in [1.54, 1.807) is 24.3 Å². The van der Waals surface area contributed by atoms with Crippen molar-refractivity contribution in [3.05, 3.63) is 28.7 Å². The lowest BCUT2D eigenvalue weighted by Gasteiger charge is -1.93. The molecule has 1 rings (SSSR count). The largest absolute Gasteiger partial charge is 0.250 e. The molecule has 0 spiro atoms. The number of hydrogen-bond acceptors (Lipinski definition) is 2. The van der Waals surface area contributed by atoms with E-state index in [2.05, 4.69) is 20.3 Å². The Labute approximate surface area is 80.2 Å². The van der Waals surface area contributed by atoms with Crippen LogP contribution >= 0.6 is 15.9 Å².